The van der Waals surface area contributed by atoms with Crippen molar-refractivity contribution in [2.45, 2.75) is 30.8 Å². The molecule has 2 aromatic rings. The lowest BCUT2D eigenvalue weighted by Crippen LogP contribution is -2.53. The smallest absolute Gasteiger partial charge is 0.282 e. The number of nitrogens with one attached hydrogen (secondary N) is 1. The number of β-amino-alcohol motifs (C(OH)–C–C–N with tert-alkyl or cyclic N) is 1. The Morgan fingerprint density at radius 2 is 1.73 bits per heavy atom. The molecule has 1 atom stereocenters. The van der Waals surface area contributed by atoms with Crippen LogP contribution in [0.3, 0.4) is 0 Å². The molecule has 1 unspecified atom stereocenters. The zero-order valence-electron chi connectivity index (χ0n) is 18.8. The topological polar surface area (TPSA) is 99.2 Å². The number of amides is 1. The molecule has 2 N–H and O–H groups in total. The number of carbonyl (C=O) groups excluding carboxylic acids is 1. The number of piperidine rings is 1. The van der Waals surface area contributed by atoms with E-state index in [1.807, 2.05) is 36.4 Å². The third-order valence-corrected chi connectivity index (χ3v) is 8.79. The van der Waals surface area contributed by atoms with Gasteiger partial charge in [-0.05, 0) is 37.0 Å². The molecule has 2 saturated heterocycles. The molecule has 0 aromatic heterocycles. The molecule has 2 aliphatic heterocycles. The van der Waals surface area contributed by atoms with Crippen molar-refractivity contribution >= 4 is 16.1 Å². The van der Waals surface area contributed by atoms with E-state index in [4.69, 9.17) is 4.74 Å². The van der Waals surface area contributed by atoms with Crippen molar-refractivity contribution in [3.8, 4) is 5.75 Å². The summed E-state index contributed by atoms with van der Waals surface area (Å²) in [4.78, 5) is 12.9. The summed E-state index contributed by atoms with van der Waals surface area (Å²) in [6.45, 7) is 1.60. The molecular weight excluding hydrogens is 442 g/mol. The van der Waals surface area contributed by atoms with Crippen molar-refractivity contribution in [2.24, 2.45) is 0 Å². The lowest BCUT2D eigenvalue weighted by molar-refractivity contribution is 0.0929. The lowest BCUT2D eigenvalue weighted by atomic mass is 9.73. The van der Waals surface area contributed by atoms with E-state index in [2.05, 4.69) is 5.32 Å². The van der Waals surface area contributed by atoms with Crippen LogP contribution >= 0.6 is 0 Å². The van der Waals surface area contributed by atoms with Crippen LogP contribution in [0.2, 0.25) is 0 Å². The number of aliphatic hydroxyl groups excluding tert-OH is 1. The molecule has 0 aliphatic carbocycles. The third kappa shape index (κ3) is 4.91. The van der Waals surface area contributed by atoms with Crippen molar-refractivity contribution in [3.05, 3.63) is 65.7 Å². The highest BCUT2D eigenvalue weighted by Gasteiger charge is 2.42. The van der Waals surface area contributed by atoms with Crippen molar-refractivity contribution in [3.63, 3.8) is 0 Å². The first-order chi connectivity index (χ1) is 15.9. The Hall–Kier alpha value is -2.46. The second kappa shape index (κ2) is 9.80. The average Bonchev–Trinajstić information content (AvgIpc) is 3.30. The van der Waals surface area contributed by atoms with Crippen LogP contribution in [0, 0.1) is 0 Å². The molecule has 0 bridgehead atoms. The van der Waals surface area contributed by atoms with E-state index < -0.39 is 16.3 Å². The molecule has 2 aliphatic rings. The lowest BCUT2D eigenvalue weighted by Gasteiger charge is -2.42. The van der Waals surface area contributed by atoms with Gasteiger partial charge in [-0.2, -0.15) is 17.0 Å². The average molecular weight is 474 g/mol. The van der Waals surface area contributed by atoms with Gasteiger partial charge in [-0.1, -0.05) is 42.5 Å². The van der Waals surface area contributed by atoms with E-state index in [1.54, 1.807) is 18.2 Å². The van der Waals surface area contributed by atoms with Crippen molar-refractivity contribution < 1.29 is 23.1 Å². The third-order valence-electron chi connectivity index (χ3n) is 6.78. The first kappa shape index (κ1) is 23.7. The Labute approximate surface area is 195 Å². The Morgan fingerprint density at radius 3 is 2.36 bits per heavy atom. The number of rotatable bonds is 7. The molecule has 0 saturated carbocycles. The molecule has 2 aromatic carbocycles. The first-order valence-corrected chi connectivity index (χ1v) is 12.7. The monoisotopic (exact) mass is 473 g/mol. The van der Waals surface area contributed by atoms with Gasteiger partial charge in [-0.25, -0.2) is 0 Å². The van der Waals surface area contributed by atoms with Crippen molar-refractivity contribution in [2.75, 3.05) is 39.8 Å². The summed E-state index contributed by atoms with van der Waals surface area (Å²) >= 11 is 0. The normalized spacial score (nSPS) is 21.6. The maximum absolute atomic E-state index is 13.1. The summed E-state index contributed by atoms with van der Waals surface area (Å²) in [5.41, 5.74) is 1.17. The summed E-state index contributed by atoms with van der Waals surface area (Å²) in [6, 6.07) is 17.0. The summed E-state index contributed by atoms with van der Waals surface area (Å²) in [7, 11) is -2.07. The van der Waals surface area contributed by atoms with Crippen LogP contribution in [-0.4, -0.2) is 74.0 Å². The Balaban J connectivity index is 1.51. The quantitative estimate of drug-likeness (QED) is 0.639. The van der Waals surface area contributed by atoms with Gasteiger partial charge in [0.1, 0.15) is 5.75 Å². The van der Waals surface area contributed by atoms with E-state index in [0.717, 1.165) is 5.56 Å². The fourth-order valence-electron chi connectivity index (χ4n) is 4.76. The standard InChI is InChI=1S/C24H31N3O5S/c1-32-22-10-6-5-9-21(22)23(29)25-18-24(19-7-3-2-4-8-19)12-15-26(16-13-24)33(30,31)27-14-11-20(28)17-27/h2-10,20,28H,11-18H2,1H3,(H,25,29). The van der Waals surface area contributed by atoms with E-state index in [-0.39, 0.29) is 17.9 Å². The number of benzene rings is 2. The number of hydrogen-bond donors (Lipinski definition) is 2. The van der Waals surface area contributed by atoms with E-state index in [1.165, 1.54) is 15.7 Å². The molecule has 1 amide bonds. The van der Waals surface area contributed by atoms with Crippen LogP contribution in [0.4, 0.5) is 0 Å². The van der Waals surface area contributed by atoms with E-state index in [0.29, 0.717) is 56.8 Å². The second-order valence-electron chi connectivity index (χ2n) is 8.74. The van der Waals surface area contributed by atoms with Crippen LogP contribution in [0.5, 0.6) is 5.75 Å². The molecule has 0 spiro atoms. The SMILES string of the molecule is COc1ccccc1C(=O)NCC1(c2ccccc2)CCN(S(=O)(=O)N2CCC(O)C2)CC1. The number of nitrogens with zero attached hydrogens (tertiary/aromatic N) is 2. The Bertz CT molecular complexity index is 1070. The molecule has 2 heterocycles. The maximum atomic E-state index is 13.1. The van der Waals surface area contributed by atoms with Gasteiger partial charge in [-0.15, -0.1) is 0 Å². The molecule has 2 fully saturated rings. The minimum absolute atomic E-state index is 0.150. The number of ether oxygens (including phenoxy) is 1. The van der Waals surface area contributed by atoms with Gasteiger partial charge >= 0.3 is 0 Å². The molecule has 4 rings (SSSR count). The van der Waals surface area contributed by atoms with Crippen LogP contribution in [0.15, 0.2) is 54.6 Å². The van der Waals surface area contributed by atoms with Crippen LogP contribution in [-0.2, 0) is 15.6 Å². The zero-order chi connectivity index (χ0) is 23.5. The zero-order valence-corrected chi connectivity index (χ0v) is 19.6. The van der Waals surface area contributed by atoms with Crippen LogP contribution < -0.4 is 10.1 Å². The maximum Gasteiger partial charge on any atom is 0.282 e. The summed E-state index contributed by atoms with van der Waals surface area (Å²) in [5.74, 6) is 0.293. The van der Waals surface area contributed by atoms with Gasteiger partial charge in [-0.3, -0.25) is 4.79 Å². The van der Waals surface area contributed by atoms with Crippen molar-refractivity contribution in [1.82, 2.24) is 13.9 Å². The first-order valence-electron chi connectivity index (χ1n) is 11.3. The predicted octanol–water partition coefficient (Wildman–Crippen LogP) is 1.77. The van der Waals surface area contributed by atoms with Gasteiger partial charge in [0.2, 0.25) is 0 Å². The number of carbonyl (C=O) groups is 1. The number of methoxy groups -OCH3 is 1. The van der Waals surface area contributed by atoms with E-state index >= 15 is 0 Å². The van der Waals surface area contributed by atoms with Crippen LogP contribution in [0.1, 0.15) is 35.2 Å². The molecular formula is C24H31N3O5S. The Morgan fingerprint density at radius 1 is 1.06 bits per heavy atom. The largest absolute Gasteiger partial charge is 0.496 e. The fraction of sp³-hybridized carbons (Fsp3) is 0.458. The predicted molar refractivity (Wildman–Crippen MR) is 125 cm³/mol. The van der Waals surface area contributed by atoms with Crippen molar-refractivity contribution in [1.29, 1.82) is 0 Å². The highest BCUT2D eigenvalue weighted by Crippen LogP contribution is 2.36. The van der Waals surface area contributed by atoms with Gasteiger partial charge in [0, 0.05) is 38.1 Å². The Kier molecular flexibility index (Phi) is 7.04. The van der Waals surface area contributed by atoms with E-state index in [9.17, 15) is 18.3 Å². The van der Waals surface area contributed by atoms with Crippen LogP contribution in [0.25, 0.3) is 0 Å². The fourth-order valence-corrected chi connectivity index (χ4v) is 6.43. The molecule has 0 radical (unpaired) electrons. The molecule has 9 heteroatoms. The summed E-state index contributed by atoms with van der Waals surface area (Å²) in [5, 5.41) is 12.8. The van der Waals surface area contributed by atoms with Gasteiger partial charge < -0.3 is 15.2 Å². The number of para-hydroxylation sites is 1. The van der Waals surface area contributed by atoms with Gasteiger partial charge in [0.15, 0.2) is 0 Å². The van der Waals surface area contributed by atoms with Gasteiger partial charge in [0.05, 0.1) is 18.8 Å². The highest BCUT2D eigenvalue weighted by molar-refractivity contribution is 7.86. The summed E-state index contributed by atoms with van der Waals surface area (Å²) < 4.78 is 34.3. The summed E-state index contributed by atoms with van der Waals surface area (Å²) in [6.07, 6.45) is 1.03. The molecule has 8 nitrogen and oxygen atoms in total. The molecule has 33 heavy (non-hydrogen) atoms. The number of hydrogen-bond acceptors (Lipinski definition) is 5. The highest BCUT2D eigenvalue weighted by atomic mass is 32.2. The van der Waals surface area contributed by atoms with Gasteiger partial charge in [0.25, 0.3) is 16.1 Å². The second-order valence-corrected chi connectivity index (χ2v) is 10.7. The minimum atomic E-state index is -3.61. The molecule has 178 valence electrons. The number of aliphatic hydroxyl groups is 1. The minimum Gasteiger partial charge on any atom is -0.496 e.